The van der Waals surface area contributed by atoms with Gasteiger partial charge in [-0.3, -0.25) is 4.68 Å². The molecular formula is C11H18N4O. The van der Waals surface area contributed by atoms with Gasteiger partial charge in [0.15, 0.2) is 5.82 Å². The second-order valence-electron chi connectivity index (χ2n) is 3.40. The molecule has 0 spiro atoms. The van der Waals surface area contributed by atoms with Crippen LogP contribution >= 0.6 is 0 Å². The zero-order valence-electron chi connectivity index (χ0n) is 9.65. The number of hydrogen-bond donors (Lipinski definition) is 1. The van der Waals surface area contributed by atoms with Gasteiger partial charge < -0.3 is 10.1 Å². The van der Waals surface area contributed by atoms with Crippen LogP contribution in [0.25, 0.3) is 0 Å². The molecule has 1 N–H and O–H groups in total. The van der Waals surface area contributed by atoms with E-state index >= 15 is 0 Å². The summed E-state index contributed by atoms with van der Waals surface area (Å²) in [5.41, 5.74) is 0. The van der Waals surface area contributed by atoms with Crippen LogP contribution in [0, 0.1) is 12.3 Å². The summed E-state index contributed by atoms with van der Waals surface area (Å²) in [6.07, 6.45) is 8.63. The van der Waals surface area contributed by atoms with Gasteiger partial charge in [-0.1, -0.05) is 0 Å². The lowest BCUT2D eigenvalue weighted by atomic mass is 10.3. The van der Waals surface area contributed by atoms with Crippen LogP contribution in [-0.4, -0.2) is 35.0 Å². The van der Waals surface area contributed by atoms with Gasteiger partial charge in [-0.15, -0.1) is 12.3 Å². The zero-order valence-corrected chi connectivity index (χ0v) is 9.65. The summed E-state index contributed by atoms with van der Waals surface area (Å²) in [6, 6.07) is 0. The van der Waals surface area contributed by atoms with Crippen molar-refractivity contribution in [2.24, 2.45) is 0 Å². The third-order valence-electron chi connectivity index (χ3n) is 2.06. The summed E-state index contributed by atoms with van der Waals surface area (Å²) >= 11 is 0. The molecule has 1 aromatic heterocycles. The van der Waals surface area contributed by atoms with Gasteiger partial charge in [-0.05, 0) is 6.42 Å². The average molecular weight is 222 g/mol. The molecule has 1 heterocycles. The Balaban J connectivity index is 2.20. The zero-order chi connectivity index (χ0) is 11.6. The third-order valence-corrected chi connectivity index (χ3v) is 2.06. The second kappa shape index (κ2) is 7.85. The van der Waals surface area contributed by atoms with Gasteiger partial charge in [0.2, 0.25) is 0 Å². The van der Waals surface area contributed by atoms with Gasteiger partial charge in [0.05, 0.1) is 13.2 Å². The number of rotatable bonds is 8. The van der Waals surface area contributed by atoms with Crippen molar-refractivity contribution in [1.82, 2.24) is 20.1 Å². The predicted octanol–water partition coefficient (Wildman–Crippen LogP) is 0.427. The van der Waals surface area contributed by atoms with Gasteiger partial charge in [-0.2, -0.15) is 5.10 Å². The Labute approximate surface area is 96.2 Å². The number of ether oxygens (including phenoxy) is 1. The van der Waals surface area contributed by atoms with Crippen LogP contribution < -0.4 is 5.32 Å². The van der Waals surface area contributed by atoms with Gasteiger partial charge in [-0.25, -0.2) is 4.98 Å². The lowest BCUT2D eigenvalue weighted by Crippen LogP contribution is -2.19. The molecule has 0 aliphatic rings. The highest BCUT2D eigenvalue weighted by molar-refractivity contribution is 4.84. The van der Waals surface area contributed by atoms with Gasteiger partial charge in [0.1, 0.15) is 6.33 Å². The first-order valence-electron chi connectivity index (χ1n) is 5.38. The Morgan fingerprint density at radius 3 is 3.25 bits per heavy atom. The lowest BCUT2D eigenvalue weighted by molar-refractivity contribution is 0.199. The molecule has 0 unspecified atom stereocenters. The van der Waals surface area contributed by atoms with E-state index in [9.17, 15) is 0 Å². The fraction of sp³-hybridized carbons (Fsp3) is 0.636. The van der Waals surface area contributed by atoms with Crippen LogP contribution in [0.2, 0.25) is 0 Å². The normalized spacial score (nSPS) is 10.2. The maximum absolute atomic E-state index is 5.17. The molecule has 16 heavy (non-hydrogen) atoms. The second-order valence-corrected chi connectivity index (χ2v) is 3.40. The van der Waals surface area contributed by atoms with Crippen molar-refractivity contribution in [2.45, 2.75) is 25.9 Å². The number of aromatic nitrogens is 3. The number of hydrogen-bond acceptors (Lipinski definition) is 4. The number of nitrogens with zero attached hydrogens (tertiary/aromatic N) is 3. The van der Waals surface area contributed by atoms with E-state index in [1.807, 2.05) is 4.68 Å². The number of nitrogens with one attached hydrogen (secondary N) is 1. The van der Waals surface area contributed by atoms with Crippen molar-refractivity contribution in [1.29, 1.82) is 0 Å². The summed E-state index contributed by atoms with van der Waals surface area (Å²) in [6.45, 7) is 3.01. The van der Waals surface area contributed by atoms with Crippen LogP contribution in [0.1, 0.15) is 18.7 Å². The van der Waals surface area contributed by atoms with E-state index in [1.165, 1.54) is 0 Å². The van der Waals surface area contributed by atoms with Gasteiger partial charge in [0.25, 0.3) is 0 Å². The van der Waals surface area contributed by atoms with E-state index in [4.69, 9.17) is 11.2 Å². The van der Waals surface area contributed by atoms with Crippen molar-refractivity contribution >= 4 is 0 Å². The minimum atomic E-state index is 0.672. The maximum atomic E-state index is 5.17. The molecular weight excluding hydrogens is 204 g/mol. The van der Waals surface area contributed by atoms with Crippen molar-refractivity contribution in [3.8, 4) is 12.3 Å². The van der Waals surface area contributed by atoms with E-state index in [0.717, 1.165) is 31.8 Å². The van der Waals surface area contributed by atoms with Crippen LogP contribution in [-0.2, 0) is 17.8 Å². The van der Waals surface area contributed by atoms with E-state index in [2.05, 4.69) is 21.3 Å². The quantitative estimate of drug-likeness (QED) is 0.512. The Hall–Kier alpha value is -1.38. The third kappa shape index (κ3) is 4.91. The first-order valence-corrected chi connectivity index (χ1v) is 5.38. The monoisotopic (exact) mass is 222 g/mol. The van der Waals surface area contributed by atoms with E-state index in [-0.39, 0.29) is 0 Å². The molecule has 0 saturated carbocycles. The smallest absolute Gasteiger partial charge is 0.164 e. The van der Waals surface area contributed by atoms with Crippen LogP contribution in [0.3, 0.4) is 0 Å². The highest BCUT2D eigenvalue weighted by Gasteiger charge is 1.99. The first kappa shape index (κ1) is 12.7. The predicted molar refractivity (Wildman–Crippen MR) is 61.7 cm³/mol. The fourth-order valence-electron chi connectivity index (χ4n) is 1.24. The standard InChI is InChI=1S/C11H18N4O/c1-3-4-5-7-15-10-13-11(14-15)9-12-6-8-16-2/h1,10,12H,4-9H2,2H3. The Morgan fingerprint density at radius 2 is 2.50 bits per heavy atom. The summed E-state index contributed by atoms with van der Waals surface area (Å²) in [4.78, 5) is 4.19. The lowest BCUT2D eigenvalue weighted by Gasteiger charge is -2.00. The van der Waals surface area contributed by atoms with Crippen LogP contribution in [0.5, 0.6) is 0 Å². The average Bonchev–Trinajstić information content (AvgIpc) is 2.73. The molecule has 0 fully saturated rings. The molecule has 0 aromatic carbocycles. The summed E-state index contributed by atoms with van der Waals surface area (Å²) < 4.78 is 6.75. The summed E-state index contributed by atoms with van der Waals surface area (Å²) in [5, 5.41) is 7.50. The van der Waals surface area contributed by atoms with Crippen LogP contribution in [0.4, 0.5) is 0 Å². The van der Waals surface area contributed by atoms with Gasteiger partial charge in [0, 0.05) is 26.6 Å². The minimum Gasteiger partial charge on any atom is -0.383 e. The minimum absolute atomic E-state index is 0.672. The van der Waals surface area contributed by atoms with Gasteiger partial charge >= 0.3 is 0 Å². The molecule has 0 aliphatic carbocycles. The molecule has 0 radical (unpaired) electrons. The highest BCUT2D eigenvalue weighted by Crippen LogP contribution is 1.94. The summed E-state index contributed by atoms with van der Waals surface area (Å²) in [7, 11) is 1.68. The molecule has 88 valence electrons. The molecule has 0 aliphatic heterocycles. The Bertz CT molecular complexity index is 329. The largest absolute Gasteiger partial charge is 0.383 e. The highest BCUT2D eigenvalue weighted by atomic mass is 16.5. The molecule has 0 bridgehead atoms. The van der Waals surface area contributed by atoms with E-state index in [1.54, 1.807) is 13.4 Å². The van der Waals surface area contributed by atoms with Crippen LogP contribution in [0.15, 0.2) is 6.33 Å². The number of terminal acetylenes is 1. The molecule has 0 atom stereocenters. The van der Waals surface area contributed by atoms with Crippen molar-refractivity contribution in [3.05, 3.63) is 12.2 Å². The Kier molecular flexibility index (Phi) is 6.23. The summed E-state index contributed by atoms with van der Waals surface area (Å²) in [5.74, 6) is 3.41. The van der Waals surface area contributed by atoms with Crippen molar-refractivity contribution in [3.63, 3.8) is 0 Å². The van der Waals surface area contributed by atoms with Crippen molar-refractivity contribution in [2.75, 3.05) is 20.3 Å². The number of unbranched alkanes of at least 4 members (excludes halogenated alkanes) is 1. The number of aryl methyl sites for hydroxylation is 1. The molecule has 0 saturated heterocycles. The first-order chi connectivity index (χ1) is 7.86. The van der Waals surface area contributed by atoms with E-state index in [0.29, 0.717) is 13.2 Å². The van der Waals surface area contributed by atoms with Crippen molar-refractivity contribution < 1.29 is 4.74 Å². The fourth-order valence-corrected chi connectivity index (χ4v) is 1.24. The topological polar surface area (TPSA) is 52.0 Å². The van der Waals surface area contributed by atoms with E-state index < -0.39 is 0 Å². The molecule has 5 nitrogen and oxygen atoms in total. The maximum Gasteiger partial charge on any atom is 0.164 e. The molecule has 1 rings (SSSR count). The Morgan fingerprint density at radius 1 is 1.62 bits per heavy atom. The molecule has 5 heteroatoms. The molecule has 1 aromatic rings. The SMILES string of the molecule is C#CCCCn1cnc(CNCCOC)n1. The molecule has 0 amide bonds. The number of methoxy groups -OCH3 is 1.